The largest absolute Gasteiger partial charge is 0.497 e. The van der Waals surface area contributed by atoms with E-state index in [0.717, 1.165) is 33.2 Å². The van der Waals surface area contributed by atoms with Crippen molar-refractivity contribution in [3.8, 4) is 5.75 Å². The molecule has 0 saturated heterocycles. The van der Waals surface area contributed by atoms with E-state index in [2.05, 4.69) is 24.3 Å². The topological polar surface area (TPSA) is 29.5 Å². The van der Waals surface area contributed by atoms with Gasteiger partial charge in [-0.3, -0.25) is 0 Å². The van der Waals surface area contributed by atoms with Gasteiger partial charge in [-0.05, 0) is 51.2 Å². The lowest BCUT2D eigenvalue weighted by molar-refractivity contribution is 0.230. The summed E-state index contributed by atoms with van der Waals surface area (Å²) in [4.78, 5) is 0. The smallest absolute Gasteiger partial charge is 0.118 e. The predicted molar refractivity (Wildman–Crippen MR) is 89.0 cm³/mol. The number of hydrogen-bond donors (Lipinski definition) is 1. The standard InChI is InChI=1S/C20H16O2/c1-22-15-10-8-13(9-11-15)18-12-19(21)17-7-3-5-14-4-2-6-16(18)20(14)17/h2-12,19,21H,1H3. The monoisotopic (exact) mass is 288 g/mol. The lowest BCUT2D eigenvalue weighted by Crippen LogP contribution is -2.05. The molecule has 1 aliphatic carbocycles. The van der Waals surface area contributed by atoms with E-state index in [1.54, 1.807) is 7.11 Å². The van der Waals surface area contributed by atoms with Crippen LogP contribution in [-0.4, -0.2) is 12.2 Å². The zero-order chi connectivity index (χ0) is 15.1. The highest BCUT2D eigenvalue weighted by Gasteiger charge is 2.21. The van der Waals surface area contributed by atoms with Crippen molar-refractivity contribution >= 4 is 16.3 Å². The first-order chi connectivity index (χ1) is 10.8. The molecule has 4 rings (SSSR count). The van der Waals surface area contributed by atoms with Crippen molar-refractivity contribution in [3.63, 3.8) is 0 Å². The SMILES string of the molecule is COc1ccc(C2=CC(O)c3cccc4cccc2c34)cc1. The van der Waals surface area contributed by atoms with Gasteiger partial charge in [-0.25, -0.2) is 0 Å². The first kappa shape index (κ1) is 13.1. The van der Waals surface area contributed by atoms with Crippen molar-refractivity contribution in [2.24, 2.45) is 0 Å². The molecule has 0 amide bonds. The molecule has 0 heterocycles. The summed E-state index contributed by atoms with van der Waals surface area (Å²) in [6.07, 6.45) is 1.36. The van der Waals surface area contributed by atoms with Crippen molar-refractivity contribution in [1.82, 2.24) is 0 Å². The Bertz CT molecular complexity index is 871. The number of rotatable bonds is 2. The maximum atomic E-state index is 10.5. The van der Waals surface area contributed by atoms with E-state index in [1.807, 2.05) is 42.5 Å². The van der Waals surface area contributed by atoms with Crippen molar-refractivity contribution in [3.05, 3.63) is 83.4 Å². The molecule has 3 aromatic rings. The van der Waals surface area contributed by atoms with E-state index in [1.165, 1.54) is 5.56 Å². The maximum Gasteiger partial charge on any atom is 0.118 e. The molecule has 108 valence electrons. The van der Waals surface area contributed by atoms with Crippen LogP contribution >= 0.6 is 0 Å². The molecule has 0 radical (unpaired) electrons. The third kappa shape index (κ3) is 1.92. The van der Waals surface area contributed by atoms with Crippen LogP contribution in [0.25, 0.3) is 16.3 Å². The van der Waals surface area contributed by atoms with E-state index in [-0.39, 0.29) is 0 Å². The molecule has 1 unspecified atom stereocenters. The molecule has 1 aliphatic rings. The van der Waals surface area contributed by atoms with Crippen LogP contribution in [-0.2, 0) is 0 Å². The Hall–Kier alpha value is -2.58. The predicted octanol–water partition coefficient (Wildman–Crippen LogP) is 4.33. The molecule has 2 heteroatoms. The third-order valence-electron chi connectivity index (χ3n) is 4.27. The molecule has 1 atom stereocenters. The van der Waals surface area contributed by atoms with E-state index in [0.29, 0.717) is 0 Å². The molecule has 0 aromatic heterocycles. The van der Waals surface area contributed by atoms with Crippen molar-refractivity contribution in [2.45, 2.75) is 6.10 Å². The van der Waals surface area contributed by atoms with Crippen molar-refractivity contribution in [1.29, 1.82) is 0 Å². The fourth-order valence-corrected chi connectivity index (χ4v) is 3.20. The highest BCUT2D eigenvalue weighted by atomic mass is 16.5. The molecule has 2 nitrogen and oxygen atoms in total. The number of hydrogen-bond acceptors (Lipinski definition) is 2. The summed E-state index contributed by atoms with van der Waals surface area (Å²) >= 11 is 0. The Balaban J connectivity index is 1.95. The summed E-state index contributed by atoms with van der Waals surface area (Å²) in [6, 6.07) is 20.3. The van der Waals surface area contributed by atoms with Crippen LogP contribution in [0.2, 0.25) is 0 Å². The minimum absolute atomic E-state index is 0.573. The molecule has 0 aliphatic heterocycles. The van der Waals surface area contributed by atoms with Crippen LogP contribution < -0.4 is 4.74 Å². The van der Waals surface area contributed by atoms with Gasteiger partial charge in [0.15, 0.2) is 0 Å². The summed E-state index contributed by atoms with van der Waals surface area (Å²) in [6.45, 7) is 0. The minimum atomic E-state index is -0.573. The Labute approximate surface area is 129 Å². The first-order valence-electron chi connectivity index (χ1n) is 7.34. The summed E-state index contributed by atoms with van der Waals surface area (Å²) < 4.78 is 5.22. The van der Waals surface area contributed by atoms with Gasteiger partial charge in [0.1, 0.15) is 5.75 Å². The lowest BCUT2D eigenvalue weighted by Gasteiger charge is -2.22. The van der Waals surface area contributed by atoms with Gasteiger partial charge < -0.3 is 9.84 Å². The van der Waals surface area contributed by atoms with Gasteiger partial charge in [0.2, 0.25) is 0 Å². The van der Waals surface area contributed by atoms with Crippen LogP contribution in [0.1, 0.15) is 22.8 Å². The quantitative estimate of drug-likeness (QED) is 0.760. The Morgan fingerprint density at radius 1 is 0.909 bits per heavy atom. The van der Waals surface area contributed by atoms with Gasteiger partial charge in [-0.1, -0.05) is 48.5 Å². The normalized spacial score (nSPS) is 16.5. The van der Waals surface area contributed by atoms with E-state index in [9.17, 15) is 5.11 Å². The summed E-state index contributed by atoms with van der Waals surface area (Å²) in [5, 5.41) is 12.8. The van der Waals surface area contributed by atoms with Crippen molar-refractivity contribution in [2.75, 3.05) is 7.11 Å². The van der Waals surface area contributed by atoms with Crippen molar-refractivity contribution < 1.29 is 9.84 Å². The summed E-state index contributed by atoms with van der Waals surface area (Å²) in [5.74, 6) is 0.833. The summed E-state index contributed by atoms with van der Waals surface area (Å²) in [5.41, 5.74) is 4.30. The maximum absolute atomic E-state index is 10.5. The van der Waals surface area contributed by atoms with Gasteiger partial charge in [-0.15, -0.1) is 0 Å². The second kappa shape index (κ2) is 5.00. The average Bonchev–Trinajstić information content (AvgIpc) is 2.58. The number of aliphatic hydroxyl groups is 1. The highest BCUT2D eigenvalue weighted by molar-refractivity contribution is 6.02. The van der Waals surface area contributed by atoms with Crippen LogP contribution in [0.5, 0.6) is 5.75 Å². The van der Waals surface area contributed by atoms with Gasteiger partial charge in [0, 0.05) is 0 Å². The van der Waals surface area contributed by atoms with E-state index < -0.39 is 6.10 Å². The summed E-state index contributed by atoms with van der Waals surface area (Å²) in [7, 11) is 1.66. The zero-order valence-electron chi connectivity index (χ0n) is 12.3. The molecular formula is C20H16O2. The number of methoxy groups -OCH3 is 1. The van der Waals surface area contributed by atoms with Crippen LogP contribution in [0.4, 0.5) is 0 Å². The Morgan fingerprint density at radius 2 is 1.64 bits per heavy atom. The van der Waals surface area contributed by atoms with Gasteiger partial charge in [-0.2, -0.15) is 0 Å². The molecule has 0 fully saturated rings. The highest BCUT2D eigenvalue weighted by Crippen LogP contribution is 2.40. The van der Waals surface area contributed by atoms with Crippen LogP contribution in [0.3, 0.4) is 0 Å². The second-order valence-electron chi connectivity index (χ2n) is 5.50. The fourth-order valence-electron chi connectivity index (χ4n) is 3.20. The van der Waals surface area contributed by atoms with Gasteiger partial charge in [0.05, 0.1) is 13.2 Å². The second-order valence-corrected chi connectivity index (χ2v) is 5.50. The molecule has 1 N–H and O–H groups in total. The van der Waals surface area contributed by atoms with Crippen LogP contribution in [0.15, 0.2) is 66.7 Å². The van der Waals surface area contributed by atoms with E-state index >= 15 is 0 Å². The molecular weight excluding hydrogens is 272 g/mol. The zero-order valence-corrected chi connectivity index (χ0v) is 12.3. The first-order valence-corrected chi connectivity index (χ1v) is 7.34. The minimum Gasteiger partial charge on any atom is -0.497 e. The lowest BCUT2D eigenvalue weighted by atomic mass is 9.84. The number of benzene rings is 3. The number of ether oxygens (including phenoxy) is 1. The number of aliphatic hydroxyl groups excluding tert-OH is 1. The molecule has 0 spiro atoms. The molecule has 22 heavy (non-hydrogen) atoms. The van der Waals surface area contributed by atoms with Gasteiger partial charge in [0.25, 0.3) is 0 Å². The Morgan fingerprint density at radius 3 is 2.36 bits per heavy atom. The molecule has 0 bridgehead atoms. The van der Waals surface area contributed by atoms with E-state index in [4.69, 9.17) is 4.74 Å². The fraction of sp³-hybridized carbons (Fsp3) is 0.100. The Kier molecular flexibility index (Phi) is 2.98. The average molecular weight is 288 g/mol. The van der Waals surface area contributed by atoms with Gasteiger partial charge >= 0.3 is 0 Å². The van der Waals surface area contributed by atoms with Crippen LogP contribution in [0, 0.1) is 0 Å². The third-order valence-corrected chi connectivity index (χ3v) is 4.27. The molecule has 3 aromatic carbocycles. The molecule has 0 saturated carbocycles.